The standard InChI is InChI=1S/C13H22N2O2S2/c1-3-4-7-17-8-5-6-14-12(16)9-11-10(2)15-13(18)19-11/h3-9H2,1-2H3,(H,14,16)(H,15,18). The maximum absolute atomic E-state index is 11.7. The van der Waals surface area contributed by atoms with Crippen LogP contribution in [-0.2, 0) is 16.0 Å². The highest BCUT2D eigenvalue weighted by atomic mass is 32.1. The number of amides is 1. The monoisotopic (exact) mass is 302 g/mol. The van der Waals surface area contributed by atoms with Crippen LogP contribution >= 0.6 is 23.6 Å². The number of nitrogens with one attached hydrogen (secondary N) is 2. The lowest BCUT2D eigenvalue weighted by Gasteiger charge is -2.05. The lowest BCUT2D eigenvalue weighted by molar-refractivity contribution is -0.120. The number of unbranched alkanes of at least 4 members (excludes halogenated alkanes) is 1. The summed E-state index contributed by atoms with van der Waals surface area (Å²) < 4.78 is 6.16. The fourth-order valence-electron chi connectivity index (χ4n) is 1.56. The number of carbonyl (C=O) groups is 1. The predicted octanol–water partition coefficient (Wildman–Crippen LogP) is 2.98. The molecule has 0 fully saturated rings. The van der Waals surface area contributed by atoms with E-state index in [1.165, 1.54) is 11.3 Å². The summed E-state index contributed by atoms with van der Waals surface area (Å²) in [4.78, 5) is 15.8. The molecular formula is C13H22N2O2S2. The van der Waals surface area contributed by atoms with Gasteiger partial charge in [0.15, 0.2) is 3.95 Å². The first-order valence-electron chi connectivity index (χ1n) is 6.66. The molecule has 1 heterocycles. The number of aromatic nitrogens is 1. The number of carbonyl (C=O) groups excluding carboxylic acids is 1. The van der Waals surface area contributed by atoms with Crippen LogP contribution in [-0.4, -0.2) is 30.6 Å². The average Bonchev–Trinajstić information content (AvgIpc) is 2.66. The third kappa shape index (κ3) is 6.84. The summed E-state index contributed by atoms with van der Waals surface area (Å²) >= 11 is 6.51. The fraction of sp³-hybridized carbons (Fsp3) is 0.692. The molecule has 0 saturated carbocycles. The zero-order chi connectivity index (χ0) is 14.1. The summed E-state index contributed by atoms with van der Waals surface area (Å²) in [6.07, 6.45) is 3.51. The van der Waals surface area contributed by atoms with E-state index in [2.05, 4.69) is 17.2 Å². The van der Waals surface area contributed by atoms with Crippen molar-refractivity contribution < 1.29 is 9.53 Å². The van der Waals surface area contributed by atoms with Gasteiger partial charge in [-0.1, -0.05) is 13.3 Å². The first-order valence-corrected chi connectivity index (χ1v) is 7.89. The number of H-pyrrole nitrogens is 1. The van der Waals surface area contributed by atoms with E-state index in [0.29, 0.717) is 19.6 Å². The third-order valence-electron chi connectivity index (χ3n) is 2.67. The van der Waals surface area contributed by atoms with Crippen LogP contribution in [0.1, 0.15) is 36.8 Å². The number of hydrogen-bond acceptors (Lipinski definition) is 4. The number of ether oxygens (including phenoxy) is 1. The van der Waals surface area contributed by atoms with Crippen LogP contribution in [0.4, 0.5) is 0 Å². The zero-order valence-electron chi connectivity index (χ0n) is 11.6. The van der Waals surface area contributed by atoms with Gasteiger partial charge in [0.05, 0.1) is 6.42 Å². The summed E-state index contributed by atoms with van der Waals surface area (Å²) in [6.45, 7) is 6.27. The predicted molar refractivity (Wildman–Crippen MR) is 81.3 cm³/mol. The molecule has 0 saturated heterocycles. The van der Waals surface area contributed by atoms with E-state index in [1.807, 2.05) is 6.92 Å². The molecule has 0 aromatic carbocycles. The number of aryl methyl sites for hydroxylation is 1. The van der Waals surface area contributed by atoms with Gasteiger partial charge in [0.25, 0.3) is 0 Å². The van der Waals surface area contributed by atoms with Gasteiger partial charge in [-0.2, -0.15) is 0 Å². The van der Waals surface area contributed by atoms with Gasteiger partial charge < -0.3 is 15.0 Å². The van der Waals surface area contributed by atoms with E-state index in [9.17, 15) is 4.79 Å². The van der Waals surface area contributed by atoms with Crippen LogP contribution in [0.5, 0.6) is 0 Å². The Balaban J connectivity index is 2.11. The molecule has 0 aliphatic heterocycles. The van der Waals surface area contributed by atoms with Crippen LogP contribution in [0.2, 0.25) is 0 Å². The number of aromatic amines is 1. The van der Waals surface area contributed by atoms with E-state index in [0.717, 1.165) is 40.4 Å². The lowest BCUT2D eigenvalue weighted by atomic mass is 10.3. The van der Waals surface area contributed by atoms with Gasteiger partial charge in [-0.05, 0) is 32.0 Å². The molecule has 1 aromatic heterocycles. The van der Waals surface area contributed by atoms with Crippen molar-refractivity contribution in [2.75, 3.05) is 19.8 Å². The second kappa shape index (κ2) is 9.23. The van der Waals surface area contributed by atoms with Gasteiger partial charge >= 0.3 is 0 Å². The molecule has 0 atom stereocenters. The molecule has 0 aliphatic rings. The zero-order valence-corrected chi connectivity index (χ0v) is 13.2. The molecule has 0 bridgehead atoms. The number of rotatable bonds is 9. The van der Waals surface area contributed by atoms with Crippen LogP contribution in [0, 0.1) is 10.9 Å². The Labute approximate surface area is 123 Å². The smallest absolute Gasteiger partial charge is 0.225 e. The van der Waals surface area contributed by atoms with E-state index in [-0.39, 0.29) is 5.91 Å². The van der Waals surface area contributed by atoms with Crippen LogP contribution < -0.4 is 5.32 Å². The second-order valence-electron chi connectivity index (χ2n) is 4.41. The van der Waals surface area contributed by atoms with Gasteiger partial charge in [-0.25, -0.2) is 0 Å². The summed E-state index contributed by atoms with van der Waals surface area (Å²) in [6, 6.07) is 0. The van der Waals surface area contributed by atoms with Crippen LogP contribution in [0.15, 0.2) is 0 Å². The van der Waals surface area contributed by atoms with Crippen molar-refractivity contribution in [3.63, 3.8) is 0 Å². The van der Waals surface area contributed by atoms with Crippen molar-refractivity contribution in [2.24, 2.45) is 0 Å². The molecule has 108 valence electrons. The molecule has 1 aromatic rings. The third-order valence-corrected chi connectivity index (χ3v) is 4.01. The minimum absolute atomic E-state index is 0.0434. The van der Waals surface area contributed by atoms with E-state index in [1.54, 1.807) is 0 Å². The van der Waals surface area contributed by atoms with Gasteiger partial charge in [0.1, 0.15) is 0 Å². The summed E-state index contributed by atoms with van der Waals surface area (Å²) in [5.41, 5.74) is 0.994. The molecule has 1 rings (SSSR count). The lowest BCUT2D eigenvalue weighted by Crippen LogP contribution is -2.26. The highest BCUT2D eigenvalue weighted by Gasteiger charge is 2.07. The minimum atomic E-state index is 0.0434. The Bertz CT molecular complexity index is 440. The Hall–Kier alpha value is -0.720. The minimum Gasteiger partial charge on any atom is -0.381 e. The van der Waals surface area contributed by atoms with E-state index >= 15 is 0 Å². The molecule has 19 heavy (non-hydrogen) atoms. The molecule has 1 amide bonds. The number of thiazole rings is 1. The second-order valence-corrected chi connectivity index (χ2v) is 6.18. The largest absolute Gasteiger partial charge is 0.381 e. The van der Waals surface area contributed by atoms with Crippen molar-refractivity contribution in [1.82, 2.24) is 10.3 Å². The summed E-state index contributed by atoms with van der Waals surface area (Å²) in [5, 5.41) is 2.90. The Morgan fingerprint density at radius 2 is 2.16 bits per heavy atom. The fourth-order valence-corrected chi connectivity index (χ4v) is 2.85. The molecular weight excluding hydrogens is 280 g/mol. The van der Waals surface area contributed by atoms with Crippen molar-refractivity contribution in [2.45, 2.75) is 39.5 Å². The van der Waals surface area contributed by atoms with Crippen LogP contribution in [0.25, 0.3) is 0 Å². The molecule has 0 aliphatic carbocycles. The van der Waals surface area contributed by atoms with Crippen molar-refractivity contribution in [3.8, 4) is 0 Å². The highest BCUT2D eigenvalue weighted by molar-refractivity contribution is 7.73. The normalized spacial score (nSPS) is 10.6. The quantitative estimate of drug-likeness (QED) is 0.544. The van der Waals surface area contributed by atoms with E-state index < -0.39 is 0 Å². The molecule has 0 spiro atoms. The van der Waals surface area contributed by atoms with Crippen molar-refractivity contribution >= 4 is 29.5 Å². The topological polar surface area (TPSA) is 54.1 Å². The SMILES string of the molecule is CCCCOCCCNC(=O)Cc1sc(=S)[nH]c1C. The van der Waals surface area contributed by atoms with Crippen molar-refractivity contribution in [3.05, 3.63) is 14.5 Å². The Morgan fingerprint density at radius 1 is 1.42 bits per heavy atom. The maximum atomic E-state index is 11.7. The van der Waals surface area contributed by atoms with Crippen LogP contribution in [0.3, 0.4) is 0 Å². The Kier molecular flexibility index (Phi) is 7.93. The molecule has 0 radical (unpaired) electrons. The van der Waals surface area contributed by atoms with Gasteiger partial charge in [-0.15, -0.1) is 11.3 Å². The summed E-state index contributed by atoms with van der Waals surface area (Å²) in [5.74, 6) is 0.0434. The maximum Gasteiger partial charge on any atom is 0.225 e. The first-order chi connectivity index (χ1) is 9.13. The van der Waals surface area contributed by atoms with Gasteiger partial charge in [0, 0.05) is 30.3 Å². The molecule has 0 unspecified atom stereocenters. The molecule has 4 nitrogen and oxygen atoms in total. The van der Waals surface area contributed by atoms with Gasteiger partial charge in [-0.3, -0.25) is 4.79 Å². The van der Waals surface area contributed by atoms with Gasteiger partial charge in [0.2, 0.25) is 5.91 Å². The van der Waals surface area contributed by atoms with E-state index in [4.69, 9.17) is 17.0 Å². The molecule has 6 heteroatoms. The van der Waals surface area contributed by atoms with Crippen molar-refractivity contribution in [1.29, 1.82) is 0 Å². The Morgan fingerprint density at radius 3 is 2.79 bits per heavy atom. The average molecular weight is 302 g/mol. The summed E-state index contributed by atoms with van der Waals surface area (Å²) in [7, 11) is 0. The molecule has 2 N–H and O–H groups in total. The highest BCUT2D eigenvalue weighted by Crippen LogP contribution is 2.14. The number of hydrogen-bond donors (Lipinski definition) is 2. The first kappa shape index (κ1) is 16.3.